The van der Waals surface area contributed by atoms with E-state index in [1.807, 2.05) is 12.1 Å². The second-order valence-electron chi connectivity index (χ2n) is 10.5. The number of benzene rings is 1. The number of ether oxygens (including phenoxy) is 1. The molecular formula is C29H43NO3. The predicted octanol–water partition coefficient (Wildman–Crippen LogP) is 4.68. The zero-order chi connectivity index (χ0) is 23.0. The lowest BCUT2D eigenvalue weighted by atomic mass is 9.88. The van der Waals surface area contributed by atoms with Crippen molar-refractivity contribution in [2.45, 2.75) is 70.5 Å². The molecule has 4 heteroatoms. The zero-order valence-corrected chi connectivity index (χ0v) is 20.4. The molecule has 4 rings (SSSR count). The van der Waals surface area contributed by atoms with Crippen LogP contribution in [0.4, 0.5) is 0 Å². The van der Waals surface area contributed by atoms with Crippen LogP contribution in [0.2, 0.25) is 0 Å². The number of hydrogen-bond donors (Lipinski definition) is 2. The largest absolute Gasteiger partial charge is 0.392 e. The highest BCUT2D eigenvalue weighted by molar-refractivity contribution is 5.24. The maximum absolute atomic E-state index is 10.6. The monoisotopic (exact) mass is 453 g/mol. The van der Waals surface area contributed by atoms with Crippen LogP contribution in [-0.4, -0.2) is 60.2 Å². The number of aliphatic hydroxyl groups is 2. The Morgan fingerprint density at radius 1 is 1.15 bits per heavy atom. The van der Waals surface area contributed by atoms with Gasteiger partial charge in [0.15, 0.2) is 0 Å². The highest BCUT2D eigenvalue weighted by Crippen LogP contribution is 2.48. The Morgan fingerprint density at radius 3 is 2.79 bits per heavy atom. The number of aryl methyl sites for hydroxylation is 1. The van der Waals surface area contributed by atoms with Crippen molar-refractivity contribution in [1.82, 2.24) is 4.90 Å². The summed E-state index contributed by atoms with van der Waals surface area (Å²) in [5.74, 6) is 1.20. The van der Waals surface area contributed by atoms with Crippen molar-refractivity contribution >= 4 is 0 Å². The van der Waals surface area contributed by atoms with E-state index in [2.05, 4.69) is 42.2 Å². The molecule has 0 amide bonds. The van der Waals surface area contributed by atoms with E-state index in [0.29, 0.717) is 18.3 Å². The molecule has 1 saturated carbocycles. The molecule has 0 radical (unpaired) electrons. The summed E-state index contributed by atoms with van der Waals surface area (Å²) < 4.78 is 5.42. The fraction of sp³-hybridized carbons (Fsp3) is 0.655. The normalized spacial score (nSPS) is 28.9. The number of rotatable bonds is 11. The number of unbranched alkanes of at least 4 members (excludes halogenated alkanes) is 3. The van der Waals surface area contributed by atoms with Crippen LogP contribution in [0.25, 0.3) is 0 Å². The van der Waals surface area contributed by atoms with Gasteiger partial charge in [-0.3, -0.25) is 4.90 Å². The number of morpholine rings is 1. The van der Waals surface area contributed by atoms with E-state index in [-0.39, 0.29) is 12.0 Å². The summed E-state index contributed by atoms with van der Waals surface area (Å²) in [4.78, 5) is 2.53. The summed E-state index contributed by atoms with van der Waals surface area (Å²) in [5, 5.41) is 21.1. The molecule has 0 bridgehead atoms. The van der Waals surface area contributed by atoms with Crippen molar-refractivity contribution in [3.8, 4) is 0 Å². The SMILES string of the molecule is Cc1cccc(C[C@@H](O)/C=C/[C@@H]2[C@H]3CC(CCCCCCN4CCOCC4)=C[C@H]3C[C@H]2O)c1. The minimum absolute atomic E-state index is 0.171. The highest BCUT2D eigenvalue weighted by atomic mass is 16.5. The molecule has 0 unspecified atom stereocenters. The lowest BCUT2D eigenvalue weighted by Gasteiger charge is -2.26. The quantitative estimate of drug-likeness (QED) is 0.377. The van der Waals surface area contributed by atoms with E-state index in [4.69, 9.17) is 4.74 Å². The lowest BCUT2D eigenvalue weighted by Crippen LogP contribution is -2.36. The fourth-order valence-electron chi connectivity index (χ4n) is 6.06. The van der Waals surface area contributed by atoms with Gasteiger partial charge in [-0.2, -0.15) is 0 Å². The fourth-order valence-corrected chi connectivity index (χ4v) is 6.06. The highest BCUT2D eigenvalue weighted by Gasteiger charge is 2.43. The maximum atomic E-state index is 10.6. The molecule has 2 aliphatic carbocycles. The van der Waals surface area contributed by atoms with Crippen LogP contribution in [0.5, 0.6) is 0 Å². The molecule has 2 N–H and O–H groups in total. The Hall–Kier alpha value is -1.46. The van der Waals surface area contributed by atoms with Gasteiger partial charge in [0.05, 0.1) is 25.4 Å². The Morgan fingerprint density at radius 2 is 1.97 bits per heavy atom. The van der Waals surface area contributed by atoms with Gasteiger partial charge in [0.2, 0.25) is 0 Å². The minimum Gasteiger partial charge on any atom is -0.392 e. The van der Waals surface area contributed by atoms with Crippen LogP contribution in [0.1, 0.15) is 56.1 Å². The summed E-state index contributed by atoms with van der Waals surface area (Å²) in [6.07, 6.45) is 14.8. The van der Waals surface area contributed by atoms with Crippen molar-refractivity contribution < 1.29 is 14.9 Å². The van der Waals surface area contributed by atoms with Crippen molar-refractivity contribution in [1.29, 1.82) is 0 Å². The third-order valence-corrected chi connectivity index (χ3v) is 7.86. The Kier molecular flexibility index (Phi) is 9.19. The first kappa shape index (κ1) is 24.7. The molecule has 1 saturated heterocycles. The second-order valence-corrected chi connectivity index (χ2v) is 10.5. The van der Waals surface area contributed by atoms with Gasteiger partial charge >= 0.3 is 0 Å². The van der Waals surface area contributed by atoms with E-state index in [1.54, 1.807) is 5.57 Å². The Bertz CT molecular complexity index is 798. The standard InChI is InChI=1S/C29H43NO3/c1-22-7-6-9-23(17-22)19-26(31)10-11-27-28-20-24(18-25(28)21-29(27)32)8-4-2-3-5-12-30-13-15-33-16-14-30/h6-7,9-11,17-18,25-29,31-32H,2-5,8,12-16,19-21H2,1H3/b11-10+/t25-,26-,27+,28-,29+/m0/s1. The van der Waals surface area contributed by atoms with E-state index >= 15 is 0 Å². The molecule has 0 aromatic heterocycles. The third kappa shape index (κ3) is 7.26. The Balaban J connectivity index is 1.16. The summed E-state index contributed by atoms with van der Waals surface area (Å²) in [5.41, 5.74) is 3.98. The molecule has 3 aliphatic rings. The van der Waals surface area contributed by atoms with Crippen LogP contribution < -0.4 is 0 Å². The van der Waals surface area contributed by atoms with Gasteiger partial charge in [-0.25, -0.2) is 0 Å². The van der Waals surface area contributed by atoms with Crippen LogP contribution in [0, 0.1) is 24.7 Å². The molecular weight excluding hydrogens is 410 g/mol. The number of aliphatic hydroxyl groups excluding tert-OH is 2. The molecule has 1 heterocycles. The van der Waals surface area contributed by atoms with Gasteiger partial charge in [-0.05, 0) is 63.0 Å². The molecule has 0 spiro atoms. The molecule has 2 fully saturated rings. The van der Waals surface area contributed by atoms with Crippen molar-refractivity contribution in [2.24, 2.45) is 17.8 Å². The van der Waals surface area contributed by atoms with Crippen LogP contribution in [0.3, 0.4) is 0 Å². The van der Waals surface area contributed by atoms with Crippen LogP contribution in [-0.2, 0) is 11.2 Å². The summed E-state index contributed by atoms with van der Waals surface area (Å²) in [7, 11) is 0. The number of hydrogen-bond acceptors (Lipinski definition) is 4. The average molecular weight is 454 g/mol. The van der Waals surface area contributed by atoms with E-state index < -0.39 is 6.10 Å². The van der Waals surface area contributed by atoms with Gasteiger partial charge in [0.1, 0.15) is 0 Å². The first-order valence-electron chi connectivity index (χ1n) is 13.2. The summed E-state index contributed by atoms with van der Waals surface area (Å²) in [6, 6.07) is 8.33. The molecule has 4 nitrogen and oxygen atoms in total. The van der Waals surface area contributed by atoms with Gasteiger partial charge in [0.25, 0.3) is 0 Å². The second kappa shape index (κ2) is 12.3. The first-order chi connectivity index (χ1) is 16.1. The number of nitrogens with zero attached hydrogens (tertiary/aromatic N) is 1. The van der Waals surface area contributed by atoms with E-state index in [9.17, 15) is 10.2 Å². The van der Waals surface area contributed by atoms with Gasteiger partial charge < -0.3 is 14.9 Å². The molecule has 1 aliphatic heterocycles. The van der Waals surface area contributed by atoms with Gasteiger partial charge in [-0.15, -0.1) is 0 Å². The van der Waals surface area contributed by atoms with Crippen molar-refractivity contribution in [3.63, 3.8) is 0 Å². The average Bonchev–Trinajstić information content (AvgIpc) is 3.31. The number of fused-ring (bicyclic) bond motifs is 1. The maximum Gasteiger partial charge on any atom is 0.0761 e. The molecule has 182 valence electrons. The minimum atomic E-state index is -0.496. The third-order valence-electron chi connectivity index (χ3n) is 7.86. The topological polar surface area (TPSA) is 52.9 Å². The zero-order valence-electron chi connectivity index (χ0n) is 20.4. The van der Waals surface area contributed by atoms with Crippen LogP contribution >= 0.6 is 0 Å². The molecule has 33 heavy (non-hydrogen) atoms. The van der Waals surface area contributed by atoms with E-state index in [1.165, 1.54) is 44.2 Å². The van der Waals surface area contributed by atoms with Crippen molar-refractivity contribution in [2.75, 3.05) is 32.8 Å². The lowest BCUT2D eigenvalue weighted by molar-refractivity contribution is 0.0371. The van der Waals surface area contributed by atoms with Gasteiger partial charge in [0, 0.05) is 25.4 Å². The molecule has 1 aromatic rings. The van der Waals surface area contributed by atoms with Crippen LogP contribution in [0.15, 0.2) is 48.1 Å². The summed E-state index contributed by atoms with van der Waals surface area (Å²) >= 11 is 0. The first-order valence-corrected chi connectivity index (χ1v) is 13.2. The van der Waals surface area contributed by atoms with Gasteiger partial charge in [-0.1, -0.05) is 66.5 Å². The van der Waals surface area contributed by atoms with E-state index in [0.717, 1.165) is 44.7 Å². The molecule has 1 aromatic carbocycles. The summed E-state index contributed by atoms with van der Waals surface area (Å²) in [6.45, 7) is 7.29. The Labute approximate surface area is 200 Å². The molecule has 5 atom stereocenters. The smallest absolute Gasteiger partial charge is 0.0761 e. The predicted molar refractivity (Wildman–Crippen MR) is 134 cm³/mol. The number of allylic oxidation sites excluding steroid dienone is 2. The van der Waals surface area contributed by atoms with Crippen molar-refractivity contribution in [3.05, 3.63) is 59.2 Å².